The number of nitrogens with two attached hydrogens (primary N) is 1. The number of hydrogen-bond donors (Lipinski definition) is 1. The zero-order chi connectivity index (χ0) is 14.6. The van der Waals surface area contributed by atoms with Crippen molar-refractivity contribution in [1.29, 1.82) is 0 Å². The third-order valence-electron chi connectivity index (χ3n) is 3.17. The van der Waals surface area contributed by atoms with Gasteiger partial charge in [-0.2, -0.15) is 0 Å². The van der Waals surface area contributed by atoms with Crippen molar-refractivity contribution >= 4 is 21.8 Å². The van der Waals surface area contributed by atoms with Crippen molar-refractivity contribution in [3.63, 3.8) is 0 Å². The smallest absolute Gasteiger partial charge is 0.253 e. The second-order valence-electron chi connectivity index (χ2n) is 5.05. The van der Waals surface area contributed by atoms with Gasteiger partial charge in [-0.1, -0.05) is 13.8 Å². The van der Waals surface area contributed by atoms with E-state index in [2.05, 4.69) is 29.8 Å². The van der Waals surface area contributed by atoms with E-state index >= 15 is 0 Å². The molecule has 0 aliphatic rings. The molecule has 1 rings (SSSR count). The van der Waals surface area contributed by atoms with E-state index in [0.29, 0.717) is 22.5 Å². The first-order valence-corrected chi connectivity index (χ1v) is 7.08. The van der Waals surface area contributed by atoms with Gasteiger partial charge in [0.25, 0.3) is 5.91 Å². The fourth-order valence-corrected chi connectivity index (χ4v) is 1.87. The number of halogens is 2. The van der Waals surface area contributed by atoms with Crippen molar-refractivity contribution in [3.05, 3.63) is 34.1 Å². The van der Waals surface area contributed by atoms with Crippen LogP contribution in [0.15, 0.2) is 22.7 Å². The van der Waals surface area contributed by atoms with E-state index in [1.807, 2.05) is 0 Å². The van der Waals surface area contributed by atoms with E-state index in [1.165, 1.54) is 12.1 Å². The van der Waals surface area contributed by atoms with Crippen LogP contribution in [0.25, 0.3) is 0 Å². The summed E-state index contributed by atoms with van der Waals surface area (Å²) in [4.78, 5) is 13.7. The fourth-order valence-electron chi connectivity index (χ4n) is 1.63. The van der Waals surface area contributed by atoms with E-state index in [1.54, 1.807) is 18.0 Å². The summed E-state index contributed by atoms with van der Waals surface area (Å²) in [7, 11) is 1.70. The zero-order valence-electron chi connectivity index (χ0n) is 11.5. The average molecular weight is 331 g/mol. The molecule has 2 N–H and O–H groups in total. The molecule has 0 aromatic heterocycles. The molecule has 0 aliphatic carbocycles. The molecule has 1 aromatic carbocycles. The van der Waals surface area contributed by atoms with Gasteiger partial charge in [0, 0.05) is 25.2 Å². The second-order valence-corrected chi connectivity index (χ2v) is 5.91. The molecule has 1 aromatic rings. The van der Waals surface area contributed by atoms with E-state index in [0.717, 1.165) is 6.42 Å². The van der Waals surface area contributed by atoms with E-state index in [9.17, 15) is 9.18 Å². The van der Waals surface area contributed by atoms with Crippen LogP contribution in [-0.2, 0) is 0 Å². The van der Waals surface area contributed by atoms with Gasteiger partial charge in [0.15, 0.2) is 0 Å². The highest BCUT2D eigenvalue weighted by Gasteiger charge is 2.15. The van der Waals surface area contributed by atoms with Crippen LogP contribution in [0.2, 0.25) is 0 Å². The van der Waals surface area contributed by atoms with Crippen molar-refractivity contribution in [2.75, 3.05) is 13.6 Å². The number of carbonyl (C=O) groups is 1. The fraction of sp³-hybridized carbons (Fsp3) is 0.500. The molecule has 0 spiro atoms. The van der Waals surface area contributed by atoms with Gasteiger partial charge in [-0.3, -0.25) is 4.79 Å². The predicted molar refractivity (Wildman–Crippen MR) is 78.5 cm³/mol. The quantitative estimate of drug-likeness (QED) is 0.901. The highest BCUT2D eigenvalue weighted by Crippen LogP contribution is 2.17. The highest BCUT2D eigenvalue weighted by molar-refractivity contribution is 9.10. The third kappa shape index (κ3) is 4.58. The maximum atomic E-state index is 13.4. The molecule has 0 heterocycles. The van der Waals surface area contributed by atoms with Gasteiger partial charge in [0.1, 0.15) is 5.82 Å². The summed E-state index contributed by atoms with van der Waals surface area (Å²) in [5.41, 5.74) is 6.29. The van der Waals surface area contributed by atoms with E-state index in [-0.39, 0.29) is 11.9 Å². The Labute approximate surface area is 122 Å². The summed E-state index contributed by atoms with van der Waals surface area (Å²) in [6, 6.07) is 4.45. The van der Waals surface area contributed by atoms with Crippen LogP contribution in [0.1, 0.15) is 30.6 Å². The van der Waals surface area contributed by atoms with Gasteiger partial charge >= 0.3 is 0 Å². The summed E-state index contributed by atoms with van der Waals surface area (Å²) < 4.78 is 13.7. The van der Waals surface area contributed by atoms with Crippen LogP contribution >= 0.6 is 15.9 Å². The Balaban J connectivity index is 2.64. The number of nitrogens with zero attached hydrogens (tertiary/aromatic N) is 1. The monoisotopic (exact) mass is 330 g/mol. The predicted octanol–water partition coefficient (Wildman–Crippen LogP) is 3.03. The van der Waals surface area contributed by atoms with Crippen molar-refractivity contribution < 1.29 is 9.18 Å². The molecule has 0 saturated carbocycles. The molecule has 0 saturated heterocycles. The summed E-state index contributed by atoms with van der Waals surface area (Å²) in [5, 5.41) is 0. The van der Waals surface area contributed by atoms with Crippen LogP contribution in [0.4, 0.5) is 4.39 Å². The average Bonchev–Trinajstić information content (AvgIpc) is 2.37. The van der Waals surface area contributed by atoms with Gasteiger partial charge in [0.05, 0.1) is 4.47 Å². The maximum absolute atomic E-state index is 13.4. The summed E-state index contributed by atoms with van der Waals surface area (Å²) in [6.45, 7) is 4.67. The lowest BCUT2D eigenvalue weighted by Gasteiger charge is -2.21. The topological polar surface area (TPSA) is 46.3 Å². The molecule has 1 atom stereocenters. The van der Waals surface area contributed by atoms with E-state index < -0.39 is 5.82 Å². The first-order chi connectivity index (χ1) is 8.82. The minimum atomic E-state index is -0.432. The van der Waals surface area contributed by atoms with Gasteiger partial charge in [-0.25, -0.2) is 4.39 Å². The molecule has 0 fully saturated rings. The van der Waals surface area contributed by atoms with Gasteiger partial charge in [-0.15, -0.1) is 0 Å². The lowest BCUT2D eigenvalue weighted by molar-refractivity contribution is 0.0788. The zero-order valence-corrected chi connectivity index (χ0v) is 13.1. The lowest BCUT2D eigenvalue weighted by Crippen LogP contribution is -2.34. The summed E-state index contributed by atoms with van der Waals surface area (Å²) >= 11 is 3.06. The minimum absolute atomic E-state index is 0.0666. The second kappa shape index (κ2) is 7.01. The Morgan fingerprint density at radius 2 is 2.11 bits per heavy atom. The highest BCUT2D eigenvalue weighted by atomic mass is 79.9. The van der Waals surface area contributed by atoms with Gasteiger partial charge < -0.3 is 10.6 Å². The molecule has 0 radical (unpaired) electrons. The lowest BCUT2D eigenvalue weighted by atomic mass is 10.0. The molecular formula is C14H20BrFN2O. The molecular weight excluding hydrogens is 311 g/mol. The SMILES string of the molecule is CC(C)C(N)CCN(C)C(=O)c1ccc(Br)c(F)c1. The summed E-state index contributed by atoms with van der Waals surface area (Å²) in [6.07, 6.45) is 0.735. The Morgan fingerprint density at radius 3 is 2.63 bits per heavy atom. The maximum Gasteiger partial charge on any atom is 0.253 e. The van der Waals surface area contributed by atoms with Crippen molar-refractivity contribution in [1.82, 2.24) is 4.90 Å². The number of hydrogen-bond acceptors (Lipinski definition) is 2. The molecule has 106 valence electrons. The van der Waals surface area contributed by atoms with Gasteiger partial charge in [-0.05, 0) is 46.5 Å². The Kier molecular flexibility index (Phi) is 5.94. The number of rotatable bonds is 5. The van der Waals surface area contributed by atoms with Crippen LogP contribution in [0.3, 0.4) is 0 Å². The Morgan fingerprint density at radius 1 is 1.47 bits per heavy atom. The minimum Gasteiger partial charge on any atom is -0.342 e. The van der Waals surface area contributed by atoms with Crippen LogP contribution in [0, 0.1) is 11.7 Å². The molecule has 0 aliphatic heterocycles. The van der Waals surface area contributed by atoms with Crippen molar-refractivity contribution in [3.8, 4) is 0 Å². The Bertz CT molecular complexity index is 451. The molecule has 1 amide bonds. The standard InChI is InChI=1S/C14H20BrFN2O/c1-9(2)13(17)6-7-18(3)14(19)10-4-5-11(15)12(16)8-10/h4-5,8-9,13H,6-7,17H2,1-3H3. The van der Waals surface area contributed by atoms with E-state index in [4.69, 9.17) is 5.73 Å². The van der Waals surface area contributed by atoms with Crippen molar-refractivity contribution in [2.24, 2.45) is 11.7 Å². The normalized spacial score (nSPS) is 12.6. The van der Waals surface area contributed by atoms with Gasteiger partial charge in [0.2, 0.25) is 0 Å². The summed E-state index contributed by atoms with van der Waals surface area (Å²) in [5.74, 6) is -0.242. The number of carbonyl (C=O) groups excluding carboxylic acids is 1. The first-order valence-electron chi connectivity index (χ1n) is 6.29. The largest absolute Gasteiger partial charge is 0.342 e. The molecule has 3 nitrogen and oxygen atoms in total. The van der Waals surface area contributed by atoms with Crippen LogP contribution in [-0.4, -0.2) is 30.4 Å². The molecule has 5 heteroatoms. The third-order valence-corrected chi connectivity index (χ3v) is 3.81. The van der Waals surface area contributed by atoms with Crippen LogP contribution < -0.4 is 5.73 Å². The molecule has 19 heavy (non-hydrogen) atoms. The Hall–Kier alpha value is -0.940. The van der Waals surface area contributed by atoms with Crippen LogP contribution in [0.5, 0.6) is 0 Å². The number of benzene rings is 1. The molecule has 0 bridgehead atoms. The molecule has 1 unspecified atom stereocenters. The number of amides is 1. The first kappa shape index (κ1) is 16.1. The van der Waals surface area contributed by atoms with Crippen molar-refractivity contribution in [2.45, 2.75) is 26.3 Å².